The number of hydrogen-bond donors (Lipinski definition) is 2. The molecule has 1 fully saturated rings. The van der Waals surface area contributed by atoms with Gasteiger partial charge in [-0.25, -0.2) is 18.4 Å². The molecular formula is C24H30ClN7O6S. The van der Waals surface area contributed by atoms with E-state index in [0.717, 1.165) is 0 Å². The highest BCUT2D eigenvalue weighted by Gasteiger charge is 2.37. The van der Waals surface area contributed by atoms with E-state index in [1.807, 2.05) is 6.92 Å². The van der Waals surface area contributed by atoms with Gasteiger partial charge in [0.15, 0.2) is 11.6 Å². The second-order valence-electron chi connectivity index (χ2n) is 8.79. The molecular weight excluding hydrogens is 550 g/mol. The number of halogens is 1. The maximum absolute atomic E-state index is 13.7. The maximum Gasteiger partial charge on any atom is 0.243 e. The van der Waals surface area contributed by atoms with Crippen molar-refractivity contribution >= 4 is 33.5 Å². The van der Waals surface area contributed by atoms with E-state index in [1.165, 1.54) is 38.1 Å². The van der Waals surface area contributed by atoms with E-state index < -0.39 is 27.4 Å². The zero-order valence-corrected chi connectivity index (χ0v) is 23.5. The molecule has 2 aromatic heterocycles. The van der Waals surface area contributed by atoms with Crippen LogP contribution >= 0.6 is 11.6 Å². The van der Waals surface area contributed by atoms with Crippen LogP contribution in [0.3, 0.4) is 0 Å². The van der Waals surface area contributed by atoms with Crippen LogP contribution in [0.25, 0.3) is 5.69 Å². The number of hydrogen-bond acceptors (Lipinski definition) is 10. The average molecular weight is 580 g/mol. The molecule has 4 rings (SSSR count). The summed E-state index contributed by atoms with van der Waals surface area (Å²) >= 11 is 5.93. The Morgan fingerprint density at radius 3 is 2.41 bits per heavy atom. The van der Waals surface area contributed by atoms with Crippen LogP contribution < -0.4 is 19.5 Å². The quantitative estimate of drug-likeness (QED) is 0.326. The smallest absolute Gasteiger partial charge is 0.243 e. The highest BCUT2D eigenvalue weighted by atomic mass is 35.5. The van der Waals surface area contributed by atoms with Gasteiger partial charge in [-0.2, -0.15) is 0 Å². The molecule has 0 radical (unpaired) electrons. The van der Waals surface area contributed by atoms with Crippen molar-refractivity contribution < 1.29 is 27.4 Å². The molecule has 1 aliphatic heterocycles. The largest absolute Gasteiger partial charge is 0.494 e. The highest BCUT2D eigenvalue weighted by molar-refractivity contribution is 7.93. The summed E-state index contributed by atoms with van der Waals surface area (Å²) in [5.41, 5.74) is 0.369. The number of ether oxygens (including phenoxy) is 3. The van der Waals surface area contributed by atoms with Crippen molar-refractivity contribution in [3.63, 3.8) is 0 Å². The lowest BCUT2D eigenvalue weighted by Gasteiger charge is -2.24. The molecule has 1 saturated heterocycles. The fraction of sp³-hybridized carbons (Fsp3) is 0.458. The molecule has 3 heterocycles. The summed E-state index contributed by atoms with van der Waals surface area (Å²) in [5.74, 6) is 0.990. The molecule has 0 saturated carbocycles. The lowest BCUT2D eigenvalue weighted by atomic mass is 10.2. The molecule has 0 aliphatic carbocycles. The van der Waals surface area contributed by atoms with E-state index in [4.69, 9.17) is 25.8 Å². The predicted molar refractivity (Wildman–Crippen MR) is 143 cm³/mol. The van der Waals surface area contributed by atoms with Gasteiger partial charge >= 0.3 is 0 Å². The first-order valence-electron chi connectivity index (χ1n) is 12.3. The molecule has 13 nitrogen and oxygen atoms in total. The lowest BCUT2D eigenvalue weighted by Crippen LogP contribution is -2.34. The Balaban J connectivity index is 1.78. The number of methoxy groups -OCH3 is 2. The Labute approximate surface area is 231 Å². The zero-order chi connectivity index (χ0) is 28.2. The van der Waals surface area contributed by atoms with Crippen LogP contribution in [0, 0.1) is 0 Å². The summed E-state index contributed by atoms with van der Waals surface area (Å²) in [6.07, 6.45) is 3.18. The van der Waals surface area contributed by atoms with E-state index in [-0.39, 0.29) is 24.3 Å². The number of sulfonamides is 1. The molecule has 3 atom stereocenters. The maximum atomic E-state index is 13.7. The summed E-state index contributed by atoms with van der Waals surface area (Å²) in [6, 6.07) is 4.62. The molecule has 3 aromatic rings. The molecule has 15 heteroatoms. The van der Waals surface area contributed by atoms with Gasteiger partial charge in [-0.3, -0.25) is 14.1 Å². The summed E-state index contributed by atoms with van der Waals surface area (Å²) in [7, 11) is -1.21. The predicted octanol–water partition coefficient (Wildman–Crippen LogP) is 2.98. The van der Waals surface area contributed by atoms with Gasteiger partial charge in [0.2, 0.25) is 21.9 Å². The number of carbonyl (C=O) groups is 1. The second-order valence-corrected chi connectivity index (χ2v) is 11.3. The highest BCUT2D eigenvalue weighted by Crippen LogP contribution is 2.38. The van der Waals surface area contributed by atoms with Crippen LogP contribution in [0.1, 0.15) is 56.9 Å². The monoisotopic (exact) mass is 579 g/mol. The number of nitrogens with zero attached hydrogens (tertiary/aromatic N) is 5. The topological polar surface area (TPSA) is 159 Å². The number of nitrogens with one attached hydrogen (secondary N) is 2. The first-order valence-corrected chi connectivity index (χ1v) is 14.2. The minimum absolute atomic E-state index is 0.118. The average Bonchev–Trinajstić information content (AvgIpc) is 3.54. The Bertz CT molecular complexity index is 1390. The molecule has 0 spiro atoms. The Morgan fingerprint density at radius 2 is 1.85 bits per heavy atom. The minimum Gasteiger partial charge on any atom is -0.494 e. The van der Waals surface area contributed by atoms with E-state index in [0.29, 0.717) is 47.3 Å². The van der Waals surface area contributed by atoms with Crippen LogP contribution in [-0.2, 0) is 19.6 Å². The van der Waals surface area contributed by atoms with Crippen LogP contribution in [0.2, 0.25) is 5.02 Å². The fourth-order valence-electron chi connectivity index (χ4n) is 4.19. The zero-order valence-electron chi connectivity index (χ0n) is 21.9. The van der Waals surface area contributed by atoms with Gasteiger partial charge in [0.1, 0.15) is 28.5 Å². The van der Waals surface area contributed by atoms with Gasteiger partial charge in [-0.1, -0.05) is 24.6 Å². The van der Waals surface area contributed by atoms with E-state index in [2.05, 4.69) is 30.2 Å². The van der Waals surface area contributed by atoms with E-state index in [9.17, 15) is 13.2 Å². The third-order valence-electron chi connectivity index (χ3n) is 6.17. The van der Waals surface area contributed by atoms with Crippen molar-refractivity contribution in [1.29, 1.82) is 0 Å². The van der Waals surface area contributed by atoms with Gasteiger partial charge in [-0.05, 0) is 31.9 Å². The number of benzene rings is 1. The number of aromatic nitrogens is 5. The molecule has 39 heavy (non-hydrogen) atoms. The van der Waals surface area contributed by atoms with Gasteiger partial charge in [-0.15, -0.1) is 10.2 Å². The lowest BCUT2D eigenvalue weighted by molar-refractivity contribution is -0.119. The fourth-order valence-corrected chi connectivity index (χ4v) is 5.38. The molecule has 0 bridgehead atoms. The number of amides is 1. The van der Waals surface area contributed by atoms with Crippen molar-refractivity contribution in [1.82, 2.24) is 30.0 Å². The number of anilines is 1. The van der Waals surface area contributed by atoms with Crippen molar-refractivity contribution in [3.8, 4) is 17.2 Å². The summed E-state index contributed by atoms with van der Waals surface area (Å²) in [6.45, 7) is 3.68. The molecule has 0 unspecified atom stereocenters. The number of carbonyl (C=O) groups excluding carboxylic acids is 1. The van der Waals surface area contributed by atoms with Gasteiger partial charge < -0.3 is 19.5 Å². The second kappa shape index (κ2) is 12.1. The van der Waals surface area contributed by atoms with Crippen LogP contribution in [0.4, 0.5) is 5.95 Å². The summed E-state index contributed by atoms with van der Waals surface area (Å²) in [5, 5.41) is 10.4. The Hall–Kier alpha value is -3.49. The van der Waals surface area contributed by atoms with Crippen molar-refractivity contribution in [2.75, 3.05) is 25.5 Å². The molecule has 210 valence electrons. The third kappa shape index (κ3) is 6.07. The summed E-state index contributed by atoms with van der Waals surface area (Å²) < 4.78 is 48.5. The molecule has 1 amide bonds. The Kier molecular flexibility index (Phi) is 8.87. The van der Waals surface area contributed by atoms with Gasteiger partial charge in [0, 0.05) is 25.4 Å². The van der Waals surface area contributed by atoms with E-state index >= 15 is 0 Å². The van der Waals surface area contributed by atoms with Gasteiger partial charge in [0.25, 0.3) is 0 Å². The summed E-state index contributed by atoms with van der Waals surface area (Å²) in [4.78, 5) is 20.4. The molecule has 2 N–H and O–H groups in total. The van der Waals surface area contributed by atoms with Crippen molar-refractivity contribution in [2.45, 2.75) is 50.5 Å². The third-order valence-corrected chi connectivity index (χ3v) is 8.05. The minimum atomic E-state index is -4.17. The number of rotatable bonds is 12. The van der Waals surface area contributed by atoms with Crippen LogP contribution in [0.15, 0.2) is 30.6 Å². The molecule has 1 aliphatic rings. The first kappa shape index (κ1) is 28.5. The normalized spacial score (nSPS) is 16.9. The van der Waals surface area contributed by atoms with E-state index in [1.54, 1.807) is 18.2 Å². The number of para-hydroxylation sites is 1. The first-order chi connectivity index (χ1) is 18.7. The van der Waals surface area contributed by atoms with Crippen LogP contribution in [0.5, 0.6) is 11.5 Å². The van der Waals surface area contributed by atoms with Gasteiger partial charge in [0.05, 0.1) is 25.3 Å². The standard InChI is InChI=1S/C24H30ClN7O6S/c1-5-11-38-21(22-26-12-15(25)13-27-22)14(2)39(34,35)31-24-30-29-23(16-9-10-19(33)28-16)32(24)20-17(36-3)7-6-8-18(20)37-4/h6-8,12-14,16,21H,5,9-11H2,1-4H3,(H,28,33)(H,30,31)/t14-,16+,21+/m0/s1. The SMILES string of the molecule is CCCO[C@@H](c1ncc(Cl)cn1)[C@H](C)S(=O)(=O)Nc1nnc([C@H]2CCC(=O)N2)n1-c1c(OC)cccc1OC. The van der Waals surface area contributed by atoms with Crippen molar-refractivity contribution in [2.24, 2.45) is 0 Å². The van der Waals surface area contributed by atoms with Crippen molar-refractivity contribution in [3.05, 3.63) is 47.3 Å². The Morgan fingerprint density at radius 1 is 1.18 bits per heavy atom. The van der Waals surface area contributed by atoms with Crippen LogP contribution in [-0.4, -0.2) is 65.1 Å². The molecule has 1 aromatic carbocycles.